The molecule has 0 aromatic heterocycles. The molecule has 15 heavy (non-hydrogen) atoms. The Labute approximate surface area is 97.2 Å². The number of nitrogens with zero attached hydrogens (tertiary/aromatic N) is 1. The van der Waals surface area contributed by atoms with Crippen molar-refractivity contribution in [2.45, 2.75) is 62.5 Å². The first-order valence-electron chi connectivity index (χ1n) is 6.40. The Morgan fingerprint density at radius 2 is 2.27 bits per heavy atom. The Morgan fingerprint density at radius 1 is 1.47 bits per heavy atom. The zero-order chi connectivity index (χ0) is 10.5. The predicted molar refractivity (Wildman–Crippen MR) is 66.2 cm³/mol. The Hall–Kier alpha value is 0.270. The summed E-state index contributed by atoms with van der Waals surface area (Å²) >= 11 is 2.18. The number of nitrogens with one attached hydrogen (secondary N) is 1. The molecule has 2 heterocycles. The predicted octanol–water partition coefficient (Wildman–Crippen LogP) is 2.05. The van der Waals surface area contributed by atoms with Gasteiger partial charge < -0.3 is 0 Å². The van der Waals surface area contributed by atoms with Crippen molar-refractivity contribution in [2.75, 3.05) is 12.3 Å². The lowest BCUT2D eigenvalue weighted by atomic mass is 10.1. The van der Waals surface area contributed by atoms with Crippen molar-refractivity contribution >= 4 is 11.8 Å². The van der Waals surface area contributed by atoms with E-state index in [4.69, 9.17) is 0 Å². The fourth-order valence-electron chi connectivity index (χ4n) is 3.15. The molecule has 0 bridgehead atoms. The van der Waals surface area contributed by atoms with Crippen LogP contribution in [0.1, 0.15) is 39.5 Å². The Morgan fingerprint density at radius 3 is 2.87 bits per heavy atom. The Balaban J connectivity index is 1.68. The summed E-state index contributed by atoms with van der Waals surface area (Å²) in [6.45, 7) is 6.00. The van der Waals surface area contributed by atoms with Crippen molar-refractivity contribution in [3.05, 3.63) is 0 Å². The number of hydrogen-bond donors (Lipinski definition) is 1. The van der Waals surface area contributed by atoms with Crippen LogP contribution >= 0.6 is 11.8 Å². The average molecular weight is 226 g/mol. The van der Waals surface area contributed by atoms with Crippen molar-refractivity contribution in [1.29, 1.82) is 0 Å². The second kappa shape index (κ2) is 3.64. The summed E-state index contributed by atoms with van der Waals surface area (Å²) in [5.41, 5.74) is 0. The third-order valence-corrected chi connectivity index (χ3v) is 5.70. The van der Waals surface area contributed by atoms with Crippen LogP contribution in [0.25, 0.3) is 0 Å². The van der Waals surface area contributed by atoms with E-state index in [0.717, 1.165) is 18.1 Å². The highest BCUT2D eigenvalue weighted by atomic mass is 32.2. The van der Waals surface area contributed by atoms with Gasteiger partial charge in [0.15, 0.2) is 0 Å². The SMILES string of the molecule is CCC1CSC2(CC(C)N(C3CC3)C2)N1. The quantitative estimate of drug-likeness (QED) is 0.776. The van der Waals surface area contributed by atoms with E-state index in [1.807, 2.05) is 0 Å². The molecule has 1 N–H and O–H groups in total. The van der Waals surface area contributed by atoms with E-state index < -0.39 is 0 Å². The van der Waals surface area contributed by atoms with Crippen LogP contribution in [0.5, 0.6) is 0 Å². The molecule has 3 unspecified atom stereocenters. The molecule has 2 nitrogen and oxygen atoms in total. The van der Waals surface area contributed by atoms with Crippen LogP contribution in [-0.4, -0.2) is 40.2 Å². The zero-order valence-corrected chi connectivity index (χ0v) is 10.6. The van der Waals surface area contributed by atoms with Gasteiger partial charge in [-0.15, -0.1) is 11.8 Å². The van der Waals surface area contributed by atoms with E-state index >= 15 is 0 Å². The second-order valence-electron chi connectivity index (χ2n) is 5.51. The molecule has 0 aromatic carbocycles. The molecule has 0 amide bonds. The summed E-state index contributed by atoms with van der Waals surface area (Å²) < 4.78 is 0. The van der Waals surface area contributed by atoms with Crippen molar-refractivity contribution in [1.82, 2.24) is 10.2 Å². The maximum absolute atomic E-state index is 3.88. The van der Waals surface area contributed by atoms with Crippen LogP contribution in [0.2, 0.25) is 0 Å². The molecular formula is C12H22N2S. The molecule has 86 valence electrons. The Kier molecular flexibility index (Phi) is 2.53. The number of rotatable bonds is 2. The van der Waals surface area contributed by atoms with Gasteiger partial charge in [0.25, 0.3) is 0 Å². The molecule has 3 rings (SSSR count). The van der Waals surface area contributed by atoms with E-state index in [-0.39, 0.29) is 0 Å². The summed E-state index contributed by atoms with van der Waals surface area (Å²) in [6.07, 6.45) is 5.53. The zero-order valence-electron chi connectivity index (χ0n) is 9.83. The smallest absolute Gasteiger partial charge is 0.0791 e. The maximum Gasteiger partial charge on any atom is 0.0791 e. The van der Waals surface area contributed by atoms with Crippen molar-refractivity contribution in [2.24, 2.45) is 0 Å². The van der Waals surface area contributed by atoms with E-state index in [2.05, 4.69) is 35.8 Å². The summed E-state index contributed by atoms with van der Waals surface area (Å²) in [5.74, 6) is 1.32. The van der Waals surface area contributed by atoms with Gasteiger partial charge in [-0.3, -0.25) is 10.2 Å². The minimum atomic E-state index is 0.419. The topological polar surface area (TPSA) is 15.3 Å². The van der Waals surface area contributed by atoms with E-state index in [1.165, 1.54) is 38.0 Å². The first-order valence-corrected chi connectivity index (χ1v) is 7.38. The van der Waals surface area contributed by atoms with E-state index in [0.29, 0.717) is 4.87 Å². The molecule has 3 heteroatoms. The van der Waals surface area contributed by atoms with Gasteiger partial charge in [-0.1, -0.05) is 6.92 Å². The summed E-state index contributed by atoms with van der Waals surface area (Å²) in [4.78, 5) is 3.17. The van der Waals surface area contributed by atoms with E-state index in [1.54, 1.807) is 0 Å². The summed E-state index contributed by atoms with van der Waals surface area (Å²) in [6, 6.07) is 2.50. The van der Waals surface area contributed by atoms with Crippen LogP contribution in [-0.2, 0) is 0 Å². The number of thioether (sulfide) groups is 1. The van der Waals surface area contributed by atoms with Gasteiger partial charge >= 0.3 is 0 Å². The van der Waals surface area contributed by atoms with Crippen LogP contribution < -0.4 is 5.32 Å². The normalized spacial score (nSPS) is 46.8. The van der Waals surface area contributed by atoms with Crippen LogP contribution in [0.15, 0.2) is 0 Å². The molecule has 2 aliphatic heterocycles. The van der Waals surface area contributed by atoms with Gasteiger partial charge in [-0.2, -0.15) is 0 Å². The Bertz CT molecular complexity index is 254. The van der Waals surface area contributed by atoms with Gasteiger partial charge in [0, 0.05) is 30.4 Å². The van der Waals surface area contributed by atoms with Gasteiger partial charge in [0.05, 0.1) is 4.87 Å². The van der Waals surface area contributed by atoms with Crippen molar-refractivity contribution in [3.8, 4) is 0 Å². The molecule has 0 radical (unpaired) electrons. The largest absolute Gasteiger partial charge is 0.298 e. The fraction of sp³-hybridized carbons (Fsp3) is 1.00. The van der Waals surface area contributed by atoms with Crippen molar-refractivity contribution < 1.29 is 0 Å². The first kappa shape index (κ1) is 10.4. The summed E-state index contributed by atoms with van der Waals surface area (Å²) in [5, 5.41) is 3.88. The minimum absolute atomic E-state index is 0.419. The third kappa shape index (κ3) is 1.83. The van der Waals surface area contributed by atoms with Crippen LogP contribution in [0.3, 0.4) is 0 Å². The summed E-state index contributed by atoms with van der Waals surface area (Å²) in [7, 11) is 0. The molecule has 3 aliphatic rings. The molecule has 3 atom stereocenters. The maximum atomic E-state index is 3.88. The van der Waals surface area contributed by atoms with E-state index in [9.17, 15) is 0 Å². The fourth-order valence-corrected chi connectivity index (χ4v) is 4.84. The lowest BCUT2D eigenvalue weighted by molar-refractivity contribution is 0.252. The molecule has 0 aromatic rings. The molecular weight excluding hydrogens is 204 g/mol. The third-order valence-electron chi connectivity index (χ3n) is 4.17. The monoisotopic (exact) mass is 226 g/mol. The number of likely N-dealkylation sites (tertiary alicyclic amines) is 1. The highest BCUT2D eigenvalue weighted by Crippen LogP contribution is 2.45. The molecule has 1 saturated carbocycles. The van der Waals surface area contributed by atoms with Gasteiger partial charge in [-0.25, -0.2) is 0 Å². The number of hydrogen-bond acceptors (Lipinski definition) is 3. The van der Waals surface area contributed by atoms with Gasteiger partial charge in [0.2, 0.25) is 0 Å². The lowest BCUT2D eigenvalue weighted by Gasteiger charge is -2.24. The van der Waals surface area contributed by atoms with Crippen molar-refractivity contribution in [3.63, 3.8) is 0 Å². The molecule has 2 saturated heterocycles. The van der Waals surface area contributed by atoms with Crippen LogP contribution in [0, 0.1) is 0 Å². The molecule has 1 spiro atoms. The standard InChI is InChI=1S/C12H22N2S/c1-3-10-7-15-12(13-10)6-9(2)14(8-12)11-4-5-11/h9-11,13H,3-8H2,1-2H3. The lowest BCUT2D eigenvalue weighted by Crippen LogP contribution is -2.44. The van der Waals surface area contributed by atoms with Crippen LogP contribution in [0.4, 0.5) is 0 Å². The van der Waals surface area contributed by atoms with Gasteiger partial charge in [-0.05, 0) is 32.6 Å². The average Bonchev–Trinajstić information content (AvgIpc) is 2.92. The highest BCUT2D eigenvalue weighted by molar-refractivity contribution is 8.01. The molecule has 1 aliphatic carbocycles. The first-order chi connectivity index (χ1) is 7.22. The highest BCUT2D eigenvalue weighted by Gasteiger charge is 2.50. The van der Waals surface area contributed by atoms with Gasteiger partial charge in [0.1, 0.15) is 0 Å². The second-order valence-corrected chi connectivity index (χ2v) is 6.91. The molecule has 3 fully saturated rings. The minimum Gasteiger partial charge on any atom is -0.298 e.